The normalized spacial score (nSPS) is 14.4. The highest BCUT2D eigenvalue weighted by molar-refractivity contribution is 6.10. The summed E-state index contributed by atoms with van der Waals surface area (Å²) in [7, 11) is 3.13. The van der Waals surface area contributed by atoms with E-state index < -0.39 is 6.04 Å². The van der Waals surface area contributed by atoms with Crippen LogP contribution in [0.1, 0.15) is 78.7 Å². The van der Waals surface area contributed by atoms with Crippen molar-refractivity contribution >= 4 is 17.5 Å². The maximum atomic E-state index is 14.1. The Morgan fingerprint density at radius 1 is 1.00 bits per heavy atom. The summed E-state index contributed by atoms with van der Waals surface area (Å²) in [6, 6.07) is 13.8. The summed E-state index contributed by atoms with van der Waals surface area (Å²) in [6.07, 6.45) is 5.50. The summed E-state index contributed by atoms with van der Waals surface area (Å²) in [5.74, 6) is 1.31. The molecule has 1 heterocycles. The van der Waals surface area contributed by atoms with E-state index in [9.17, 15) is 9.59 Å². The molecule has 1 aliphatic carbocycles. The van der Waals surface area contributed by atoms with Crippen LogP contribution in [0.5, 0.6) is 11.5 Å². The van der Waals surface area contributed by atoms with Crippen molar-refractivity contribution in [1.29, 1.82) is 0 Å². The summed E-state index contributed by atoms with van der Waals surface area (Å²) in [5, 5.41) is 3.21. The van der Waals surface area contributed by atoms with Crippen molar-refractivity contribution in [2.24, 2.45) is 0 Å². The van der Waals surface area contributed by atoms with Crippen molar-refractivity contribution in [2.75, 3.05) is 19.1 Å². The lowest BCUT2D eigenvalue weighted by molar-refractivity contribution is -0.123. The second kappa shape index (κ2) is 11.5. The summed E-state index contributed by atoms with van der Waals surface area (Å²) in [4.78, 5) is 29.8. The molecule has 3 aromatic rings. The van der Waals surface area contributed by atoms with E-state index in [1.165, 1.54) is 6.26 Å². The van der Waals surface area contributed by atoms with Crippen LogP contribution in [-0.4, -0.2) is 32.1 Å². The summed E-state index contributed by atoms with van der Waals surface area (Å²) in [6.45, 7) is 5.98. The van der Waals surface area contributed by atoms with Gasteiger partial charge in [0.05, 0.1) is 26.0 Å². The van der Waals surface area contributed by atoms with Crippen molar-refractivity contribution in [3.05, 3.63) is 77.2 Å². The minimum Gasteiger partial charge on any atom is -0.497 e. The first-order valence-corrected chi connectivity index (χ1v) is 12.8. The first-order chi connectivity index (χ1) is 17.8. The number of amides is 2. The molecule has 2 aromatic carbocycles. The topological polar surface area (TPSA) is 81.0 Å². The molecule has 1 aromatic heterocycles. The van der Waals surface area contributed by atoms with Crippen LogP contribution in [0.3, 0.4) is 0 Å². The molecule has 0 bridgehead atoms. The summed E-state index contributed by atoms with van der Waals surface area (Å²) in [5.41, 5.74) is 2.73. The number of rotatable bonds is 9. The van der Waals surface area contributed by atoms with Crippen molar-refractivity contribution in [2.45, 2.75) is 64.5 Å². The number of nitrogens with one attached hydrogen (secondary N) is 1. The van der Waals surface area contributed by atoms with Gasteiger partial charge in [-0.15, -0.1) is 0 Å². The van der Waals surface area contributed by atoms with Gasteiger partial charge in [0.15, 0.2) is 0 Å². The van der Waals surface area contributed by atoms with Crippen LogP contribution in [0.15, 0.2) is 59.2 Å². The van der Waals surface area contributed by atoms with Crippen LogP contribution < -0.4 is 19.7 Å². The number of hydrogen-bond donors (Lipinski definition) is 1. The van der Waals surface area contributed by atoms with Crippen molar-refractivity contribution < 1.29 is 23.5 Å². The molecule has 7 nitrogen and oxygen atoms in total. The minimum atomic E-state index is -0.979. The molecule has 1 aliphatic rings. The van der Waals surface area contributed by atoms with E-state index in [4.69, 9.17) is 13.9 Å². The van der Waals surface area contributed by atoms with E-state index in [-0.39, 0.29) is 17.9 Å². The minimum absolute atomic E-state index is 0.0789. The van der Waals surface area contributed by atoms with Crippen LogP contribution >= 0.6 is 0 Å². The zero-order chi connectivity index (χ0) is 26.5. The second-order valence-electron chi connectivity index (χ2n) is 9.81. The Morgan fingerprint density at radius 2 is 1.70 bits per heavy atom. The van der Waals surface area contributed by atoms with Crippen molar-refractivity contribution in [3.8, 4) is 11.5 Å². The number of hydrogen-bond acceptors (Lipinski definition) is 5. The lowest BCUT2D eigenvalue weighted by Gasteiger charge is -2.33. The van der Waals surface area contributed by atoms with Gasteiger partial charge < -0.3 is 19.2 Å². The number of anilines is 1. The van der Waals surface area contributed by atoms with Gasteiger partial charge in [0.1, 0.15) is 23.3 Å². The smallest absolute Gasteiger partial charge is 0.262 e. The number of nitrogens with zero attached hydrogens (tertiary/aromatic N) is 1. The van der Waals surface area contributed by atoms with E-state index in [1.807, 2.05) is 24.3 Å². The van der Waals surface area contributed by atoms with Gasteiger partial charge in [0.25, 0.3) is 5.91 Å². The average molecular weight is 505 g/mol. The van der Waals surface area contributed by atoms with E-state index in [0.29, 0.717) is 40.0 Å². The van der Waals surface area contributed by atoms with Crippen LogP contribution in [0.2, 0.25) is 0 Å². The predicted molar refractivity (Wildman–Crippen MR) is 143 cm³/mol. The van der Waals surface area contributed by atoms with Gasteiger partial charge in [-0.25, -0.2) is 0 Å². The molecule has 196 valence electrons. The Bertz CT molecular complexity index is 1230. The molecule has 37 heavy (non-hydrogen) atoms. The van der Waals surface area contributed by atoms with Gasteiger partial charge in [0, 0.05) is 23.4 Å². The largest absolute Gasteiger partial charge is 0.497 e. The van der Waals surface area contributed by atoms with Gasteiger partial charge in [-0.3, -0.25) is 14.5 Å². The van der Waals surface area contributed by atoms with Crippen LogP contribution in [0.4, 0.5) is 5.69 Å². The van der Waals surface area contributed by atoms with Gasteiger partial charge in [0.2, 0.25) is 5.91 Å². The highest BCUT2D eigenvalue weighted by atomic mass is 16.5. The SMILES string of the molecule is COc1ccc(C(C(=O)NC2CCCC2)N(C(=O)c2ccoc2C)c2ccc(C(C)C)cc2)c(OC)c1. The quantitative estimate of drug-likeness (QED) is 0.377. The van der Waals surface area contributed by atoms with E-state index in [1.54, 1.807) is 50.3 Å². The molecule has 0 aliphatic heterocycles. The Balaban J connectivity index is 1.88. The number of furan rings is 1. The number of carbonyl (C=O) groups excluding carboxylic acids is 2. The number of ether oxygens (including phenoxy) is 2. The van der Waals surface area contributed by atoms with Crippen molar-refractivity contribution in [1.82, 2.24) is 5.32 Å². The third-order valence-electron chi connectivity index (χ3n) is 7.09. The molecular weight excluding hydrogens is 468 g/mol. The number of aryl methyl sites for hydroxylation is 1. The third kappa shape index (κ3) is 5.66. The average Bonchev–Trinajstić information content (AvgIpc) is 3.58. The van der Waals surface area contributed by atoms with E-state index in [2.05, 4.69) is 19.2 Å². The zero-order valence-corrected chi connectivity index (χ0v) is 22.2. The van der Waals surface area contributed by atoms with E-state index >= 15 is 0 Å². The lowest BCUT2D eigenvalue weighted by Crippen LogP contribution is -2.46. The Labute approximate surface area is 218 Å². The molecule has 1 atom stereocenters. The van der Waals surface area contributed by atoms with Crippen LogP contribution in [0, 0.1) is 6.92 Å². The lowest BCUT2D eigenvalue weighted by atomic mass is 9.98. The molecular formula is C30H36N2O5. The molecule has 0 spiro atoms. The third-order valence-corrected chi connectivity index (χ3v) is 7.09. The molecule has 4 rings (SSSR count). The Morgan fingerprint density at radius 3 is 2.27 bits per heavy atom. The number of methoxy groups -OCH3 is 2. The van der Waals surface area contributed by atoms with E-state index in [0.717, 1.165) is 31.2 Å². The first kappa shape index (κ1) is 26.3. The molecule has 1 unspecified atom stereocenters. The molecule has 7 heteroatoms. The fourth-order valence-corrected chi connectivity index (χ4v) is 4.93. The first-order valence-electron chi connectivity index (χ1n) is 12.8. The molecule has 0 saturated heterocycles. The maximum Gasteiger partial charge on any atom is 0.262 e. The highest BCUT2D eigenvalue weighted by Gasteiger charge is 2.37. The fraction of sp³-hybridized carbons (Fsp3) is 0.400. The Hall–Kier alpha value is -3.74. The molecule has 1 saturated carbocycles. The van der Waals surface area contributed by atoms with Crippen molar-refractivity contribution in [3.63, 3.8) is 0 Å². The van der Waals surface area contributed by atoms with Gasteiger partial charge >= 0.3 is 0 Å². The van der Waals surface area contributed by atoms with Gasteiger partial charge in [-0.2, -0.15) is 0 Å². The van der Waals surface area contributed by atoms with Crippen LogP contribution in [-0.2, 0) is 4.79 Å². The Kier molecular flexibility index (Phi) is 8.21. The highest BCUT2D eigenvalue weighted by Crippen LogP contribution is 2.37. The molecule has 1 fully saturated rings. The predicted octanol–water partition coefficient (Wildman–Crippen LogP) is 6.18. The number of carbonyl (C=O) groups is 2. The molecule has 2 amide bonds. The molecule has 0 radical (unpaired) electrons. The summed E-state index contributed by atoms with van der Waals surface area (Å²) < 4.78 is 16.6. The summed E-state index contributed by atoms with van der Waals surface area (Å²) >= 11 is 0. The second-order valence-corrected chi connectivity index (χ2v) is 9.81. The molecule has 1 N–H and O–H groups in total. The van der Waals surface area contributed by atoms with Gasteiger partial charge in [-0.05, 0) is 61.6 Å². The standard InChI is InChI=1S/C30H36N2O5/c1-19(2)21-10-12-23(13-11-21)32(30(34)25-16-17-37-20(25)3)28(29(33)31-22-8-6-7-9-22)26-15-14-24(35-4)18-27(26)36-5/h10-19,22,28H,6-9H2,1-5H3,(H,31,33). The fourth-order valence-electron chi connectivity index (χ4n) is 4.93. The monoisotopic (exact) mass is 504 g/mol. The maximum absolute atomic E-state index is 14.1. The van der Waals surface area contributed by atoms with Crippen LogP contribution in [0.25, 0.3) is 0 Å². The zero-order valence-electron chi connectivity index (χ0n) is 22.2. The van der Waals surface area contributed by atoms with Gasteiger partial charge in [-0.1, -0.05) is 38.8 Å². The number of benzene rings is 2.